The Hall–Kier alpha value is 0.340. The first-order chi connectivity index (χ1) is 5.60. The molecule has 0 saturated carbocycles. The van der Waals surface area contributed by atoms with Gasteiger partial charge in [-0.25, -0.2) is 0 Å². The predicted molar refractivity (Wildman–Crippen MR) is 51.2 cm³/mol. The number of alkyl halides is 3. The second kappa shape index (κ2) is 5.90. The normalized spacial score (nSPS) is 11.3. The highest BCUT2D eigenvalue weighted by atomic mass is 35.5. The fourth-order valence-electron chi connectivity index (χ4n) is 0.478. The summed E-state index contributed by atoms with van der Waals surface area (Å²) in [7, 11) is 0. The Balaban J connectivity index is 4.01. The van der Waals surface area contributed by atoms with Crippen molar-refractivity contribution in [2.45, 2.75) is 6.92 Å². The highest BCUT2D eigenvalue weighted by Gasteiger charge is 2.28. The Bertz CT molecular complexity index is 137. The van der Waals surface area contributed by atoms with Crippen LogP contribution in [0.3, 0.4) is 0 Å². The van der Waals surface area contributed by atoms with E-state index in [2.05, 4.69) is 0 Å². The van der Waals surface area contributed by atoms with E-state index in [1.807, 2.05) is 0 Å². The van der Waals surface area contributed by atoms with Gasteiger partial charge in [0.1, 0.15) is 6.61 Å². The molecule has 0 amide bonds. The van der Waals surface area contributed by atoms with E-state index in [4.69, 9.17) is 39.5 Å². The smallest absolute Gasteiger partial charge is 0.302 e. The molecule has 0 spiro atoms. The van der Waals surface area contributed by atoms with Crippen LogP contribution in [0.25, 0.3) is 0 Å². The Morgan fingerprint density at radius 3 is 1.92 bits per heavy atom. The topological polar surface area (TPSA) is 26.3 Å². The summed E-state index contributed by atoms with van der Waals surface area (Å²) in [6.07, 6.45) is 0. The van der Waals surface area contributed by atoms with E-state index in [0.29, 0.717) is 0 Å². The SMILES string of the molecule is CC(=O)OCC(CCl)(CCl)CCl. The molecule has 0 bridgehead atoms. The number of hydrogen-bond donors (Lipinski definition) is 0. The van der Waals surface area contributed by atoms with Gasteiger partial charge in [-0.05, 0) is 0 Å². The number of carbonyl (C=O) groups excluding carboxylic acids is 1. The van der Waals surface area contributed by atoms with Crippen LogP contribution in [0.5, 0.6) is 0 Å². The van der Waals surface area contributed by atoms with Crippen LogP contribution in [0.15, 0.2) is 0 Å². The van der Waals surface area contributed by atoms with E-state index in [0.717, 1.165) is 0 Å². The standard InChI is InChI=1S/C7H11Cl3O2/c1-6(11)12-5-7(2-8,3-9)4-10/h2-5H2,1H3. The molecule has 0 radical (unpaired) electrons. The molecule has 12 heavy (non-hydrogen) atoms. The van der Waals surface area contributed by atoms with Gasteiger partial charge in [-0.3, -0.25) is 4.79 Å². The molecule has 0 saturated heterocycles. The molecule has 2 nitrogen and oxygen atoms in total. The highest BCUT2D eigenvalue weighted by molar-refractivity contribution is 6.24. The summed E-state index contributed by atoms with van der Waals surface area (Å²) in [6, 6.07) is 0. The van der Waals surface area contributed by atoms with E-state index in [9.17, 15) is 4.79 Å². The minimum atomic E-state index is -0.490. The van der Waals surface area contributed by atoms with Crippen molar-refractivity contribution in [3.8, 4) is 0 Å². The predicted octanol–water partition coefficient (Wildman–Crippen LogP) is 2.25. The van der Waals surface area contributed by atoms with Gasteiger partial charge in [0.05, 0.1) is 0 Å². The van der Waals surface area contributed by atoms with Crippen LogP contribution < -0.4 is 0 Å². The lowest BCUT2D eigenvalue weighted by Crippen LogP contribution is -2.33. The molecule has 0 heterocycles. The van der Waals surface area contributed by atoms with E-state index in [1.165, 1.54) is 6.92 Å². The molecule has 0 rings (SSSR count). The summed E-state index contributed by atoms with van der Waals surface area (Å²) in [6.45, 7) is 1.51. The minimum Gasteiger partial charge on any atom is -0.465 e. The van der Waals surface area contributed by atoms with Gasteiger partial charge in [0.15, 0.2) is 0 Å². The molecule has 0 aliphatic carbocycles. The summed E-state index contributed by atoms with van der Waals surface area (Å²) >= 11 is 16.9. The van der Waals surface area contributed by atoms with Gasteiger partial charge in [-0.1, -0.05) is 0 Å². The summed E-state index contributed by atoms with van der Waals surface area (Å²) in [5.41, 5.74) is -0.490. The molecule has 72 valence electrons. The molecular weight excluding hydrogens is 222 g/mol. The monoisotopic (exact) mass is 232 g/mol. The van der Waals surface area contributed by atoms with Gasteiger partial charge in [-0.2, -0.15) is 0 Å². The summed E-state index contributed by atoms with van der Waals surface area (Å²) < 4.78 is 4.79. The molecule has 0 N–H and O–H groups in total. The van der Waals surface area contributed by atoms with Crippen molar-refractivity contribution in [2.24, 2.45) is 5.41 Å². The summed E-state index contributed by atoms with van der Waals surface area (Å²) in [5, 5.41) is 0. The van der Waals surface area contributed by atoms with Gasteiger partial charge in [-0.15, -0.1) is 34.8 Å². The second-order valence-corrected chi connectivity index (χ2v) is 3.48. The van der Waals surface area contributed by atoms with E-state index in [1.54, 1.807) is 0 Å². The maximum Gasteiger partial charge on any atom is 0.302 e. The van der Waals surface area contributed by atoms with Crippen molar-refractivity contribution >= 4 is 40.8 Å². The zero-order valence-corrected chi connectivity index (χ0v) is 9.05. The van der Waals surface area contributed by atoms with Crippen LogP contribution in [-0.4, -0.2) is 30.2 Å². The van der Waals surface area contributed by atoms with Crippen molar-refractivity contribution in [2.75, 3.05) is 24.2 Å². The molecule has 0 aromatic rings. The first-order valence-electron chi connectivity index (χ1n) is 3.41. The highest BCUT2D eigenvalue weighted by Crippen LogP contribution is 2.23. The van der Waals surface area contributed by atoms with Gasteiger partial charge >= 0.3 is 5.97 Å². The second-order valence-electron chi connectivity index (χ2n) is 2.68. The maximum atomic E-state index is 10.5. The van der Waals surface area contributed by atoms with Crippen LogP contribution in [0.1, 0.15) is 6.92 Å². The Labute approximate surface area is 87.1 Å². The Morgan fingerprint density at radius 1 is 1.25 bits per heavy atom. The molecule has 0 aromatic carbocycles. The molecule has 0 aromatic heterocycles. The first-order valence-corrected chi connectivity index (χ1v) is 5.02. The van der Waals surface area contributed by atoms with Crippen LogP contribution in [0.2, 0.25) is 0 Å². The average molecular weight is 234 g/mol. The fraction of sp³-hybridized carbons (Fsp3) is 0.857. The minimum absolute atomic E-state index is 0.179. The molecule has 5 heteroatoms. The van der Waals surface area contributed by atoms with E-state index >= 15 is 0 Å². The number of carbonyl (C=O) groups is 1. The van der Waals surface area contributed by atoms with Crippen LogP contribution in [0.4, 0.5) is 0 Å². The fourth-order valence-corrected chi connectivity index (χ4v) is 1.57. The van der Waals surface area contributed by atoms with Crippen molar-refractivity contribution in [3.05, 3.63) is 0 Å². The quantitative estimate of drug-likeness (QED) is 0.538. The van der Waals surface area contributed by atoms with Crippen molar-refractivity contribution < 1.29 is 9.53 Å². The third-order valence-corrected chi connectivity index (χ3v) is 3.13. The number of rotatable bonds is 5. The number of halogens is 3. The third kappa shape index (κ3) is 3.83. The molecule has 0 atom stereocenters. The Morgan fingerprint density at radius 2 is 1.67 bits per heavy atom. The summed E-state index contributed by atoms with van der Waals surface area (Å²) in [4.78, 5) is 10.5. The summed E-state index contributed by atoms with van der Waals surface area (Å²) in [5.74, 6) is 0.508. The molecule has 0 aliphatic heterocycles. The van der Waals surface area contributed by atoms with Crippen LogP contribution in [0, 0.1) is 5.41 Å². The lowest BCUT2D eigenvalue weighted by atomic mass is 9.97. The van der Waals surface area contributed by atoms with Crippen molar-refractivity contribution in [3.63, 3.8) is 0 Å². The zero-order valence-electron chi connectivity index (χ0n) is 6.78. The van der Waals surface area contributed by atoms with Crippen molar-refractivity contribution in [1.82, 2.24) is 0 Å². The zero-order chi connectivity index (χ0) is 9.61. The van der Waals surface area contributed by atoms with Crippen LogP contribution >= 0.6 is 34.8 Å². The molecular formula is C7H11Cl3O2. The van der Waals surface area contributed by atoms with Gasteiger partial charge in [0.25, 0.3) is 0 Å². The maximum absolute atomic E-state index is 10.5. The van der Waals surface area contributed by atoms with E-state index < -0.39 is 5.41 Å². The van der Waals surface area contributed by atoms with Gasteiger partial charge in [0, 0.05) is 30.0 Å². The lowest BCUT2D eigenvalue weighted by molar-refractivity contribution is -0.143. The Kier molecular flexibility index (Phi) is 6.06. The van der Waals surface area contributed by atoms with Crippen LogP contribution in [-0.2, 0) is 9.53 Å². The number of esters is 1. The number of ether oxygens (including phenoxy) is 1. The lowest BCUT2D eigenvalue weighted by Gasteiger charge is -2.25. The van der Waals surface area contributed by atoms with Gasteiger partial charge < -0.3 is 4.74 Å². The molecule has 0 aliphatic rings. The largest absolute Gasteiger partial charge is 0.465 e. The van der Waals surface area contributed by atoms with Crippen molar-refractivity contribution in [1.29, 1.82) is 0 Å². The van der Waals surface area contributed by atoms with E-state index in [-0.39, 0.29) is 30.2 Å². The van der Waals surface area contributed by atoms with Gasteiger partial charge in [0.2, 0.25) is 0 Å². The number of hydrogen-bond acceptors (Lipinski definition) is 2. The average Bonchev–Trinajstić information content (AvgIpc) is 2.08. The molecule has 0 unspecified atom stereocenters. The first kappa shape index (κ1) is 12.3. The third-order valence-electron chi connectivity index (χ3n) is 1.43. The molecule has 0 fully saturated rings.